The van der Waals surface area contributed by atoms with Crippen LogP contribution < -0.4 is 0 Å². The van der Waals surface area contributed by atoms with Crippen molar-refractivity contribution in [3.05, 3.63) is 36.0 Å². The predicted molar refractivity (Wildman–Crippen MR) is 46.2 cm³/mol. The molecule has 0 radical (unpaired) electrons. The molecular formula is C10H7N. The van der Waals surface area contributed by atoms with Crippen molar-refractivity contribution in [2.75, 3.05) is 0 Å². The Hall–Kier alpha value is -1.68. The van der Waals surface area contributed by atoms with E-state index in [1.165, 1.54) is 5.39 Å². The fraction of sp³-hybridized carbons (Fsp3) is 0. The lowest BCUT2D eigenvalue weighted by Gasteiger charge is -1.90. The maximum Gasteiger partial charge on any atom is 0.0454 e. The highest BCUT2D eigenvalue weighted by molar-refractivity contribution is 5.80. The van der Waals surface area contributed by atoms with Crippen LogP contribution in [0.3, 0.4) is 0 Å². The third kappa shape index (κ3) is 0.890. The molecule has 0 bridgehead atoms. The molecule has 11 heavy (non-hydrogen) atoms. The van der Waals surface area contributed by atoms with E-state index >= 15 is 0 Å². The van der Waals surface area contributed by atoms with Crippen molar-refractivity contribution >= 4 is 10.9 Å². The summed E-state index contributed by atoms with van der Waals surface area (Å²) in [4.78, 5) is 3.10. The van der Waals surface area contributed by atoms with Crippen molar-refractivity contribution in [2.24, 2.45) is 0 Å². The molecule has 0 aliphatic rings. The van der Waals surface area contributed by atoms with Gasteiger partial charge < -0.3 is 4.98 Å². The fourth-order valence-electron chi connectivity index (χ4n) is 1.14. The van der Waals surface area contributed by atoms with Crippen LogP contribution in [0.25, 0.3) is 10.9 Å². The Morgan fingerprint density at radius 3 is 3.00 bits per heavy atom. The molecule has 52 valence electrons. The zero-order valence-corrected chi connectivity index (χ0v) is 5.96. The van der Waals surface area contributed by atoms with E-state index in [4.69, 9.17) is 6.42 Å². The van der Waals surface area contributed by atoms with Gasteiger partial charge in [0.2, 0.25) is 0 Å². The normalized spacial score (nSPS) is 9.73. The maximum absolute atomic E-state index is 5.25. The van der Waals surface area contributed by atoms with E-state index in [2.05, 4.69) is 10.9 Å². The second-order valence-corrected chi connectivity index (χ2v) is 2.42. The zero-order valence-electron chi connectivity index (χ0n) is 5.96. The number of hydrogen-bond acceptors (Lipinski definition) is 0. The van der Waals surface area contributed by atoms with Gasteiger partial charge in [0.15, 0.2) is 0 Å². The quantitative estimate of drug-likeness (QED) is 0.541. The van der Waals surface area contributed by atoms with Crippen LogP contribution in [0.4, 0.5) is 0 Å². The Bertz CT molecular complexity index is 418. The Morgan fingerprint density at radius 2 is 2.18 bits per heavy atom. The first-order valence-corrected chi connectivity index (χ1v) is 3.44. The summed E-state index contributed by atoms with van der Waals surface area (Å²) in [6, 6.07) is 7.92. The van der Waals surface area contributed by atoms with Crippen molar-refractivity contribution in [3.63, 3.8) is 0 Å². The standard InChI is InChI=1S/C10H7N/c1-2-8-3-4-10-9(7-8)5-6-11-10/h1,3-7,11H. The lowest BCUT2D eigenvalue weighted by molar-refractivity contribution is 1.48. The van der Waals surface area contributed by atoms with E-state index < -0.39 is 0 Å². The predicted octanol–water partition coefficient (Wildman–Crippen LogP) is 2.15. The van der Waals surface area contributed by atoms with Gasteiger partial charge in [-0.05, 0) is 24.3 Å². The number of aromatic amines is 1. The molecular weight excluding hydrogens is 134 g/mol. The molecule has 0 fully saturated rings. The lowest BCUT2D eigenvalue weighted by Crippen LogP contribution is -1.72. The van der Waals surface area contributed by atoms with Crippen LogP contribution >= 0.6 is 0 Å². The van der Waals surface area contributed by atoms with Gasteiger partial charge in [0.05, 0.1) is 0 Å². The molecule has 0 amide bonds. The molecule has 1 aromatic heterocycles. The molecule has 0 saturated carbocycles. The highest BCUT2D eigenvalue weighted by Gasteiger charge is 1.92. The minimum absolute atomic E-state index is 0.928. The molecule has 2 rings (SSSR count). The van der Waals surface area contributed by atoms with E-state index in [9.17, 15) is 0 Å². The maximum atomic E-state index is 5.25. The molecule has 0 atom stereocenters. The number of rotatable bonds is 0. The van der Waals surface area contributed by atoms with Gasteiger partial charge in [-0.3, -0.25) is 0 Å². The van der Waals surface area contributed by atoms with Crippen LogP contribution in [0.1, 0.15) is 5.56 Å². The van der Waals surface area contributed by atoms with Gasteiger partial charge in [0, 0.05) is 22.7 Å². The summed E-state index contributed by atoms with van der Waals surface area (Å²) in [5, 5.41) is 1.17. The zero-order chi connectivity index (χ0) is 7.68. The molecule has 2 aromatic rings. The Labute approximate surface area is 65.1 Å². The number of H-pyrrole nitrogens is 1. The first-order valence-electron chi connectivity index (χ1n) is 3.44. The highest BCUT2D eigenvalue weighted by atomic mass is 14.7. The second-order valence-electron chi connectivity index (χ2n) is 2.42. The van der Waals surface area contributed by atoms with E-state index in [-0.39, 0.29) is 0 Å². The Balaban J connectivity index is 2.79. The minimum Gasteiger partial charge on any atom is -0.361 e. The van der Waals surface area contributed by atoms with E-state index in [1.54, 1.807) is 0 Å². The highest BCUT2D eigenvalue weighted by Crippen LogP contribution is 2.12. The third-order valence-electron chi connectivity index (χ3n) is 1.72. The largest absolute Gasteiger partial charge is 0.361 e. The van der Waals surface area contributed by atoms with Crippen molar-refractivity contribution in [3.8, 4) is 12.3 Å². The number of fused-ring (bicyclic) bond motifs is 1. The molecule has 0 spiro atoms. The van der Waals surface area contributed by atoms with Crippen LogP contribution in [-0.4, -0.2) is 4.98 Å². The summed E-state index contributed by atoms with van der Waals surface area (Å²) in [7, 11) is 0. The molecule has 1 nitrogen and oxygen atoms in total. The van der Waals surface area contributed by atoms with E-state index in [0.29, 0.717) is 0 Å². The van der Waals surface area contributed by atoms with Gasteiger partial charge in [-0.2, -0.15) is 0 Å². The van der Waals surface area contributed by atoms with Crippen LogP contribution in [0.5, 0.6) is 0 Å². The minimum atomic E-state index is 0.928. The van der Waals surface area contributed by atoms with Gasteiger partial charge in [0.25, 0.3) is 0 Å². The van der Waals surface area contributed by atoms with Crippen molar-refractivity contribution < 1.29 is 0 Å². The van der Waals surface area contributed by atoms with E-state index in [1.807, 2.05) is 30.5 Å². The first kappa shape index (κ1) is 6.06. The van der Waals surface area contributed by atoms with Gasteiger partial charge in [-0.1, -0.05) is 5.92 Å². The molecule has 0 saturated heterocycles. The topological polar surface area (TPSA) is 15.8 Å². The smallest absolute Gasteiger partial charge is 0.0454 e. The summed E-state index contributed by atoms with van der Waals surface area (Å²) in [5.74, 6) is 2.60. The molecule has 0 aliphatic carbocycles. The van der Waals surface area contributed by atoms with Crippen LogP contribution in [0.2, 0.25) is 0 Å². The van der Waals surface area contributed by atoms with Gasteiger partial charge in [-0.15, -0.1) is 6.42 Å². The van der Waals surface area contributed by atoms with Crippen molar-refractivity contribution in [1.29, 1.82) is 0 Å². The van der Waals surface area contributed by atoms with Gasteiger partial charge >= 0.3 is 0 Å². The molecule has 1 heteroatoms. The Morgan fingerprint density at radius 1 is 1.27 bits per heavy atom. The van der Waals surface area contributed by atoms with Crippen LogP contribution in [0, 0.1) is 12.3 Å². The monoisotopic (exact) mass is 141 g/mol. The summed E-state index contributed by atoms with van der Waals surface area (Å²) < 4.78 is 0. The summed E-state index contributed by atoms with van der Waals surface area (Å²) >= 11 is 0. The number of aromatic nitrogens is 1. The SMILES string of the molecule is C#Cc1ccc2[nH]ccc2c1. The number of benzene rings is 1. The lowest BCUT2D eigenvalue weighted by atomic mass is 10.2. The molecule has 1 N–H and O–H groups in total. The van der Waals surface area contributed by atoms with Crippen molar-refractivity contribution in [2.45, 2.75) is 0 Å². The third-order valence-corrected chi connectivity index (χ3v) is 1.72. The van der Waals surface area contributed by atoms with Crippen LogP contribution in [-0.2, 0) is 0 Å². The summed E-state index contributed by atoms with van der Waals surface area (Å²) in [6.45, 7) is 0. The summed E-state index contributed by atoms with van der Waals surface area (Å²) in [5.41, 5.74) is 2.06. The Kier molecular flexibility index (Phi) is 1.20. The van der Waals surface area contributed by atoms with Crippen LogP contribution in [0.15, 0.2) is 30.5 Å². The number of terminal acetylenes is 1. The fourth-order valence-corrected chi connectivity index (χ4v) is 1.14. The average molecular weight is 141 g/mol. The molecule has 0 unspecified atom stereocenters. The number of nitrogens with one attached hydrogen (secondary N) is 1. The second kappa shape index (κ2) is 2.17. The average Bonchev–Trinajstić information content (AvgIpc) is 2.50. The molecule has 0 aliphatic heterocycles. The van der Waals surface area contributed by atoms with E-state index in [0.717, 1.165) is 11.1 Å². The summed E-state index contributed by atoms with van der Waals surface area (Å²) in [6.07, 6.45) is 7.16. The molecule has 1 aromatic carbocycles. The first-order chi connectivity index (χ1) is 5.40. The van der Waals surface area contributed by atoms with Gasteiger partial charge in [0.1, 0.15) is 0 Å². The van der Waals surface area contributed by atoms with Gasteiger partial charge in [-0.25, -0.2) is 0 Å². The number of hydrogen-bond donors (Lipinski definition) is 1. The molecule has 1 heterocycles. The van der Waals surface area contributed by atoms with Crippen molar-refractivity contribution in [1.82, 2.24) is 4.98 Å².